The van der Waals surface area contributed by atoms with E-state index >= 15 is 0 Å². The van der Waals surface area contributed by atoms with Crippen molar-refractivity contribution in [3.05, 3.63) is 95.3 Å². The summed E-state index contributed by atoms with van der Waals surface area (Å²) >= 11 is 0. The van der Waals surface area contributed by atoms with Gasteiger partial charge in [0.15, 0.2) is 0 Å². The van der Waals surface area contributed by atoms with Crippen molar-refractivity contribution in [2.45, 2.75) is 85.8 Å². The summed E-state index contributed by atoms with van der Waals surface area (Å²) in [6, 6.07) is 20.9. The number of amides is 2. The first-order valence-corrected chi connectivity index (χ1v) is 17.0. The zero-order chi connectivity index (χ0) is 35.9. The molecule has 0 radical (unpaired) electrons. The molecule has 2 atom stereocenters. The van der Waals surface area contributed by atoms with Crippen molar-refractivity contribution in [2.24, 2.45) is 11.7 Å². The predicted molar refractivity (Wildman–Crippen MR) is 195 cm³/mol. The average molecular weight is 665 g/mol. The third-order valence-corrected chi connectivity index (χ3v) is 7.20. The number of hydrogen-bond donors (Lipinski definition) is 3. The number of benzene rings is 3. The van der Waals surface area contributed by atoms with Crippen LogP contribution in [0.15, 0.2) is 72.8 Å². The van der Waals surface area contributed by atoms with Crippen molar-refractivity contribution in [1.29, 1.82) is 0 Å². The summed E-state index contributed by atoms with van der Waals surface area (Å²) < 4.78 is 18.3. The van der Waals surface area contributed by atoms with E-state index in [2.05, 4.69) is 43.5 Å². The summed E-state index contributed by atoms with van der Waals surface area (Å²) in [6.07, 6.45) is 6.10. The molecule has 2 amide bonds. The Kier molecular flexibility index (Phi) is 21.1. The number of nitrogens with one attached hydrogen (secondary N) is 2. The highest BCUT2D eigenvalue weighted by Crippen LogP contribution is 2.21. The molecule has 0 aliphatic carbocycles. The van der Waals surface area contributed by atoms with E-state index < -0.39 is 0 Å². The molecule has 1 heterocycles. The van der Waals surface area contributed by atoms with Crippen LogP contribution in [0.25, 0.3) is 0 Å². The van der Waals surface area contributed by atoms with E-state index in [0.29, 0.717) is 35.5 Å². The van der Waals surface area contributed by atoms with E-state index in [1.807, 2.05) is 50.9 Å². The van der Waals surface area contributed by atoms with E-state index in [1.54, 1.807) is 18.2 Å². The summed E-state index contributed by atoms with van der Waals surface area (Å²) in [7, 11) is 1.82. The zero-order valence-corrected chi connectivity index (χ0v) is 29.9. The summed E-state index contributed by atoms with van der Waals surface area (Å²) in [5, 5.41) is 5.70. The Morgan fingerprint density at radius 3 is 2.04 bits per heavy atom. The lowest BCUT2D eigenvalue weighted by Gasteiger charge is -2.17. The van der Waals surface area contributed by atoms with Crippen molar-refractivity contribution in [3.63, 3.8) is 0 Å². The number of likely N-dealkylation sites (N-methyl/N-ethyl adjacent to an activating group) is 1. The van der Waals surface area contributed by atoms with Crippen LogP contribution in [0.2, 0.25) is 0 Å². The molecule has 3 aromatic carbocycles. The van der Waals surface area contributed by atoms with Crippen LogP contribution in [0, 0.1) is 18.7 Å². The van der Waals surface area contributed by atoms with Gasteiger partial charge in [0.1, 0.15) is 17.9 Å². The fraction of sp³-hybridized carbons (Fsp3) is 0.462. The standard InChI is InChI=1S/C15H19NO3.C13H20FN3O.C7H8.C4H10/c1-11(2)19-14-8-12(10-17)7-13(9-14)15(18)16-5-3-4-6-16;1-9(7-11(15)8-16-2)13(18)17-12-5-3-10(14)4-6-12;1-7-5-3-2-4-6-7;1-3-4-2/h7-11H,3-6H2,1-2H3;3-6,9,11,16H,7-8,15H2,1-2H3,(H,17,18);2-6H,1H3;3-4H2,1-2H3. The van der Waals surface area contributed by atoms with E-state index in [9.17, 15) is 18.8 Å². The van der Waals surface area contributed by atoms with Crippen LogP contribution >= 0.6 is 0 Å². The number of rotatable bonds is 11. The largest absolute Gasteiger partial charge is 0.491 e. The van der Waals surface area contributed by atoms with Gasteiger partial charge in [-0.3, -0.25) is 14.4 Å². The van der Waals surface area contributed by atoms with Gasteiger partial charge in [-0.1, -0.05) is 69.5 Å². The molecule has 0 aromatic heterocycles. The van der Waals surface area contributed by atoms with Gasteiger partial charge in [-0.25, -0.2) is 4.39 Å². The fourth-order valence-corrected chi connectivity index (χ4v) is 4.50. The number of anilines is 1. The van der Waals surface area contributed by atoms with Gasteiger partial charge in [-0.15, -0.1) is 0 Å². The second-order valence-electron chi connectivity index (χ2n) is 12.2. The Labute approximate surface area is 287 Å². The smallest absolute Gasteiger partial charge is 0.254 e. The Hall–Kier alpha value is -4.08. The SMILES string of the molecule is CC(C)Oc1cc(C=O)cc(C(=O)N2CCCC2)c1.CCCC.CNCC(N)CC(C)C(=O)Nc1ccc(F)cc1.Cc1ccccc1. The Balaban J connectivity index is 0.000000367. The van der Waals surface area contributed by atoms with Gasteiger partial charge < -0.3 is 26.0 Å². The number of carbonyl (C=O) groups is 3. The maximum atomic E-state index is 12.7. The predicted octanol–water partition coefficient (Wildman–Crippen LogP) is 7.66. The van der Waals surface area contributed by atoms with Crippen LogP contribution < -0.4 is 21.1 Å². The second-order valence-corrected chi connectivity index (χ2v) is 12.2. The molecule has 4 N–H and O–H groups in total. The normalized spacial score (nSPS) is 13.0. The van der Waals surface area contributed by atoms with Gasteiger partial charge in [0.25, 0.3) is 5.91 Å². The number of hydrogen-bond acceptors (Lipinski definition) is 6. The maximum absolute atomic E-state index is 12.7. The van der Waals surface area contributed by atoms with Gasteiger partial charge in [-0.05, 0) is 89.5 Å². The first-order valence-electron chi connectivity index (χ1n) is 17.0. The summed E-state index contributed by atoms with van der Waals surface area (Å²) in [5.74, 6) is -0.0550. The molecule has 1 fully saturated rings. The molecule has 0 saturated carbocycles. The fourth-order valence-electron chi connectivity index (χ4n) is 4.50. The number of unbranched alkanes of at least 4 members (excludes halogenated alkanes) is 1. The lowest BCUT2D eigenvalue weighted by molar-refractivity contribution is -0.119. The minimum Gasteiger partial charge on any atom is -0.491 e. The monoisotopic (exact) mass is 664 g/mol. The Morgan fingerprint density at radius 2 is 1.56 bits per heavy atom. The molecule has 3 aromatic rings. The molecular weight excluding hydrogens is 607 g/mol. The van der Waals surface area contributed by atoms with Gasteiger partial charge >= 0.3 is 0 Å². The molecule has 4 rings (SSSR count). The van der Waals surface area contributed by atoms with Crippen LogP contribution in [0.5, 0.6) is 5.75 Å². The third kappa shape index (κ3) is 17.7. The molecule has 0 bridgehead atoms. The Bertz CT molecular complexity index is 1330. The number of ether oxygens (including phenoxy) is 1. The highest BCUT2D eigenvalue weighted by atomic mass is 19.1. The van der Waals surface area contributed by atoms with E-state index in [4.69, 9.17) is 10.5 Å². The van der Waals surface area contributed by atoms with Crippen molar-refractivity contribution < 1.29 is 23.5 Å². The number of aryl methyl sites for hydroxylation is 1. The van der Waals surface area contributed by atoms with Gasteiger partial charge in [0.2, 0.25) is 5.91 Å². The van der Waals surface area contributed by atoms with E-state index in [1.165, 1.54) is 42.7 Å². The third-order valence-electron chi connectivity index (χ3n) is 7.20. The first kappa shape index (κ1) is 41.9. The minimum atomic E-state index is -0.322. The first-order chi connectivity index (χ1) is 22.9. The van der Waals surface area contributed by atoms with Crippen molar-refractivity contribution in [3.8, 4) is 5.75 Å². The summed E-state index contributed by atoms with van der Waals surface area (Å²) in [6.45, 7) is 14.4. The van der Waals surface area contributed by atoms with Gasteiger partial charge in [0.05, 0.1) is 6.10 Å². The van der Waals surface area contributed by atoms with Gasteiger partial charge in [0, 0.05) is 48.4 Å². The second kappa shape index (κ2) is 24.1. The average Bonchev–Trinajstić information content (AvgIpc) is 3.61. The number of aldehydes is 1. The molecule has 264 valence electrons. The lowest BCUT2D eigenvalue weighted by atomic mass is 10.0. The van der Waals surface area contributed by atoms with Crippen LogP contribution in [0.4, 0.5) is 10.1 Å². The van der Waals surface area contributed by atoms with Gasteiger partial charge in [-0.2, -0.15) is 0 Å². The summed E-state index contributed by atoms with van der Waals surface area (Å²) in [4.78, 5) is 36.9. The number of likely N-dealkylation sites (tertiary alicyclic amines) is 1. The zero-order valence-electron chi connectivity index (χ0n) is 29.9. The molecule has 1 saturated heterocycles. The maximum Gasteiger partial charge on any atom is 0.254 e. The van der Waals surface area contributed by atoms with Crippen LogP contribution in [0.3, 0.4) is 0 Å². The molecule has 2 unspecified atom stereocenters. The number of halogens is 1. The molecule has 8 nitrogen and oxygen atoms in total. The Morgan fingerprint density at radius 1 is 0.958 bits per heavy atom. The van der Waals surface area contributed by atoms with Crippen molar-refractivity contribution in [1.82, 2.24) is 10.2 Å². The number of nitrogens with zero attached hydrogens (tertiary/aromatic N) is 1. The van der Waals surface area contributed by atoms with E-state index in [0.717, 1.165) is 32.2 Å². The topological polar surface area (TPSA) is 114 Å². The highest BCUT2D eigenvalue weighted by molar-refractivity contribution is 5.96. The highest BCUT2D eigenvalue weighted by Gasteiger charge is 2.21. The molecular formula is C39H57FN4O4. The van der Waals surface area contributed by atoms with E-state index in [-0.39, 0.29) is 35.7 Å². The summed E-state index contributed by atoms with van der Waals surface area (Å²) in [5.41, 5.74) is 8.76. The molecule has 1 aliphatic heterocycles. The quantitative estimate of drug-likeness (QED) is 0.182. The molecule has 48 heavy (non-hydrogen) atoms. The lowest BCUT2D eigenvalue weighted by Crippen LogP contribution is -2.36. The molecule has 9 heteroatoms. The van der Waals surface area contributed by atoms with Crippen LogP contribution in [0.1, 0.15) is 93.0 Å². The molecule has 1 aliphatic rings. The number of nitrogens with two attached hydrogens (primary N) is 1. The molecule has 0 spiro atoms. The number of carbonyl (C=O) groups excluding carboxylic acids is 3. The minimum absolute atomic E-state index is 0.0108. The van der Waals surface area contributed by atoms with Crippen LogP contribution in [-0.2, 0) is 4.79 Å². The van der Waals surface area contributed by atoms with Crippen LogP contribution in [-0.4, -0.2) is 61.8 Å². The van der Waals surface area contributed by atoms with Crippen molar-refractivity contribution in [2.75, 3.05) is 32.0 Å². The van der Waals surface area contributed by atoms with Crippen molar-refractivity contribution >= 4 is 23.8 Å².